The number of nitro benzene ring substituents is 1. The van der Waals surface area contributed by atoms with Crippen LogP contribution in [0, 0.1) is 10.1 Å². The monoisotopic (exact) mass is 416 g/mol. The average molecular weight is 417 g/mol. The molecule has 0 saturated carbocycles. The van der Waals surface area contributed by atoms with Crippen molar-refractivity contribution in [2.24, 2.45) is 0 Å². The van der Waals surface area contributed by atoms with Gasteiger partial charge in [-0.25, -0.2) is 4.79 Å². The Bertz CT molecular complexity index is 882. The SMILES string of the molecule is O=C(COC(=O)c1ccc(Cl)c([N+](=O)[O-])c1)Nc1ccccc1SC(F)F. The fourth-order valence-electron chi connectivity index (χ4n) is 1.95. The number of nitro groups is 1. The van der Waals surface area contributed by atoms with E-state index in [0.29, 0.717) is 0 Å². The van der Waals surface area contributed by atoms with Crippen LogP contribution in [0.3, 0.4) is 0 Å². The van der Waals surface area contributed by atoms with Gasteiger partial charge in [-0.2, -0.15) is 8.78 Å². The molecule has 0 aliphatic carbocycles. The van der Waals surface area contributed by atoms with Gasteiger partial charge in [-0.15, -0.1) is 0 Å². The van der Waals surface area contributed by atoms with Crippen LogP contribution in [0.1, 0.15) is 10.4 Å². The molecule has 0 bridgehead atoms. The molecule has 0 fully saturated rings. The number of benzene rings is 2. The molecule has 0 aromatic heterocycles. The molecule has 0 saturated heterocycles. The number of nitrogens with zero attached hydrogens (tertiary/aromatic N) is 1. The van der Waals surface area contributed by atoms with E-state index in [1.807, 2.05) is 0 Å². The molecule has 1 amide bonds. The van der Waals surface area contributed by atoms with Crippen LogP contribution in [0.4, 0.5) is 20.2 Å². The maximum atomic E-state index is 12.5. The topological polar surface area (TPSA) is 98.5 Å². The van der Waals surface area contributed by atoms with Gasteiger partial charge in [-0.1, -0.05) is 35.5 Å². The van der Waals surface area contributed by atoms with Crippen molar-refractivity contribution >= 4 is 46.6 Å². The van der Waals surface area contributed by atoms with Gasteiger partial charge in [0.1, 0.15) is 5.02 Å². The Morgan fingerprint density at radius 1 is 1.26 bits per heavy atom. The van der Waals surface area contributed by atoms with Gasteiger partial charge in [0.05, 0.1) is 16.2 Å². The normalized spacial score (nSPS) is 10.5. The van der Waals surface area contributed by atoms with Crippen LogP contribution in [0.15, 0.2) is 47.4 Å². The summed E-state index contributed by atoms with van der Waals surface area (Å²) in [5.41, 5.74) is -0.493. The molecule has 2 rings (SSSR count). The number of esters is 1. The summed E-state index contributed by atoms with van der Waals surface area (Å²) in [6, 6.07) is 9.21. The van der Waals surface area contributed by atoms with Crippen molar-refractivity contribution in [2.75, 3.05) is 11.9 Å². The van der Waals surface area contributed by atoms with Crippen molar-refractivity contribution in [1.82, 2.24) is 0 Å². The molecule has 0 aliphatic rings. The number of carbonyl (C=O) groups is 2. The summed E-state index contributed by atoms with van der Waals surface area (Å²) >= 11 is 5.91. The number of thioether (sulfide) groups is 1. The van der Waals surface area contributed by atoms with Crippen molar-refractivity contribution < 1.29 is 28.0 Å². The maximum Gasteiger partial charge on any atom is 0.338 e. The van der Waals surface area contributed by atoms with Crippen LogP contribution >= 0.6 is 23.4 Å². The number of para-hydroxylation sites is 1. The summed E-state index contributed by atoms with van der Waals surface area (Å²) in [6.45, 7) is -0.705. The summed E-state index contributed by atoms with van der Waals surface area (Å²) < 4.78 is 29.8. The highest BCUT2D eigenvalue weighted by Crippen LogP contribution is 2.31. The summed E-state index contributed by atoms with van der Waals surface area (Å²) in [4.78, 5) is 34.0. The van der Waals surface area contributed by atoms with E-state index in [2.05, 4.69) is 5.32 Å². The first-order valence-corrected chi connectivity index (χ1v) is 8.48. The lowest BCUT2D eigenvalue weighted by Gasteiger charge is -2.10. The third-order valence-electron chi connectivity index (χ3n) is 3.09. The van der Waals surface area contributed by atoms with Gasteiger partial charge in [0.25, 0.3) is 17.4 Å². The van der Waals surface area contributed by atoms with E-state index in [4.69, 9.17) is 16.3 Å². The van der Waals surface area contributed by atoms with E-state index in [1.165, 1.54) is 24.3 Å². The van der Waals surface area contributed by atoms with E-state index in [1.54, 1.807) is 6.07 Å². The Kier molecular flexibility index (Phi) is 7.08. The second kappa shape index (κ2) is 9.28. The van der Waals surface area contributed by atoms with Crippen molar-refractivity contribution in [1.29, 1.82) is 0 Å². The zero-order valence-electron chi connectivity index (χ0n) is 13.4. The molecule has 142 valence electrons. The zero-order valence-corrected chi connectivity index (χ0v) is 14.9. The predicted molar refractivity (Wildman–Crippen MR) is 95.3 cm³/mol. The summed E-state index contributed by atoms with van der Waals surface area (Å²) in [6.07, 6.45) is 0. The quantitative estimate of drug-likeness (QED) is 0.311. The summed E-state index contributed by atoms with van der Waals surface area (Å²) in [5.74, 6) is -4.39. The molecule has 0 aliphatic heterocycles. The molecule has 0 atom stereocenters. The van der Waals surface area contributed by atoms with E-state index in [0.717, 1.165) is 12.1 Å². The largest absolute Gasteiger partial charge is 0.452 e. The molecule has 0 heterocycles. The third kappa shape index (κ3) is 5.90. The van der Waals surface area contributed by atoms with Crippen molar-refractivity contribution in [3.05, 3.63) is 63.2 Å². The van der Waals surface area contributed by atoms with Gasteiger partial charge in [-0.3, -0.25) is 14.9 Å². The lowest BCUT2D eigenvalue weighted by molar-refractivity contribution is -0.384. The van der Waals surface area contributed by atoms with E-state index >= 15 is 0 Å². The minimum absolute atomic E-state index is 0.144. The second-order valence-corrected chi connectivity index (χ2v) is 6.36. The van der Waals surface area contributed by atoms with E-state index in [9.17, 15) is 28.5 Å². The van der Waals surface area contributed by atoms with Gasteiger partial charge in [0.15, 0.2) is 6.61 Å². The van der Waals surface area contributed by atoms with Crippen LogP contribution in [-0.2, 0) is 9.53 Å². The van der Waals surface area contributed by atoms with Gasteiger partial charge in [-0.05, 0) is 24.3 Å². The molecule has 1 N–H and O–H groups in total. The van der Waals surface area contributed by atoms with Crippen LogP contribution in [0.2, 0.25) is 5.02 Å². The molecule has 27 heavy (non-hydrogen) atoms. The number of hydrogen-bond donors (Lipinski definition) is 1. The standard InChI is InChI=1S/C16H11ClF2N2O5S/c17-10-6-5-9(7-12(10)21(24)25)15(23)26-8-14(22)20-11-3-1-2-4-13(11)27-16(18)19/h1-7,16H,8H2,(H,20,22). The number of alkyl halides is 2. The highest BCUT2D eigenvalue weighted by molar-refractivity contribution is 7.99. The van der Waals surface area contributed by atoms with Gasteiger partial charge < -0.3 is 10.1 Å². The van der Waals surface area contributed by atoms with Crippen LogP contribution < -0.4 is 5.32 Å². The number of carbonyl (C=O) groups excluding carboxylic acids is 2. The maximum absolute atomic E-state index is 12.5. The number of halogens is 3. The fourth-order valence-corrected chi connectivity index (χ4v) is 2.73. The molecule has 2 aromatic rings. The Balaban J connectivity index is 1.99. The second-order valence-electron chi connectivity index (χ2n) is 4.92. The summed E-state index contributed by atoms with van der Waals surface area (Å²) in [5, 5.41) is 13.0. The highest BCUT2D eigenvalue weighted by atomic mass is 35.5. The first-order valence-electron chi connectivity index (χ1n) is 7.22. The van der Waals surface area contributed by atoms with Crippen molar-refractivity contribution in [3.63, 3.8) is 0 Å². The highest BCUT2D eigenvalue weighted by Gasteiger charge is 2.18. The van der Waals surface area contributed by atoms with Crippen LogP contribution in [-0.4, -0.2) is 29.2 Å². The summed E-state index contributed by atoms with van der Waals surface area (Å²) in [7, 11) is 0. The molecule has 0 radical (unpaired) electrons. The third-order valence-corrected chi connectivity index (χ3v) is 4.20. The van der Waals surface area contributed by atoms with Crippen molar-refractivity contribution in [2.45, 2.75) is 10.7 Å². The van der Waals surface area contributed by atoms with Gasteiger partial charge in [0.2, 0.25) is 0 Å². The Morgan fingerprint density at radius 2 is 1.96 bits per heavy atom. The lowest BCUT2D eigenvalue weighted by atomic mass is 10.2. The van der Waals surface area contributed by atoms with Crippen LogP contribution in [0.5, 0.6) is 0 Å². The number of amides is 1. The van der Waals surface area contributed by atoms with Crippen molar-refractivity contribution in [3.8, 4) is 0 Å². The van der Waals surface area contributed by atoms with Crippen LogP contribution in [0.25, 0.3) is 0 Å². The lowest BCUT2D eigenvalue weighted by Crippen LogP contribution is -2.21. The number of hydrogen-bond acceptors (Lipinski definition) is 6. The minimum atomic E-state index is -2.67. The molecule has 11 heteroatoms. The molecular formula is C16H11ClF2N2O5S. The number of ether oxygens (including phenoxy) is 1. The molecule has 0 unspecified atom stereocenters. The first-order chi connectivity index (χ1) is 12.8. The number of anilines is 1. The Labute approximate surface area is 160 Å². The smallest absolute Gasteiger partial charge is 0.338 e. The number of rotatable bonds is 7. The minimum Gasteiger partial charge on any atom is -0.452 e. The number of nitrogens with one attached hydrogen (secondary N) is 1. The molecule has 7 nitrogen and oxygen atoms in total. The fraction of sp³-hybridized carbons (Fsp3) is 0.125. The predicted octanol–water partition coefficient (Wildman–Crippen LogP) is 4.36. The molecular weight excluding hydrogens is 406 g/mol. The first kappa shape index (κ1) is 20.6. The zero-order chi connectivity index (χ0) is 20.0. The van der Waals surface area contributed by atoms with Gasteiger partial charge >= 0.3 is 5.97 Å². The van der Waals surface area contributed by atoms with Gasteiger partial charge in [0, 0.05) is 11.0 Å². The van der Waals surface area contributed by atoms with E-state index < -0.39 is 34.9 Å². The molecule has 0 spiro atoms. The molecule has 2 aromatic carbocycles. The Hall–Kier alpha value is -2.72. The average Bonchev–Trinajstić information content (AvgIpc) is 2.61. The van der Waals surface area contributed by atoms with E-state index in [-0.39, 0.29) is 32.9 Å². The Morgan fingerprint density at radius 3 is 2.63 bits per heavy atom.